The lowest BCUT2D eigenvalue weighted by molar-refractivity contribution is -0.143. The lowest BCUT2D eigenvalue weighted by Crippen LogP contribution is -2.53. The molecular weight excluding hydrogens is 324 g/mol. The Hall–Kier alpha value is -1.79. The molecule has 0 saturated carbocycles. The number of carboxylic acids is 1. The third kappa shape index (κ3) is 9.31. The second kappa shape index (κ2) is 9.63. The molecule has 0 aromatic carbocycles. The van der Waals surface area contributed by atoms with Crippen LogP contribution < -0.4 is 5.32 Å². The van der Waals surface area contributed by atoms with E-state index in [-0.39, 0.29) is 11.8 Å². The van der Waals surface area contributed by atoms with Gasteiger partial charge in [0.25, 0.3) is 0 Å². The molecule has 0 spiro atoms. The number of rotatable bonds is 8. The van der Waals surface area contributed by atoms with Crippen molar-refractivity contribution in [1.82, 2.24) is 10.2 Å². The summed E-state index contributed by atoms with van der Waals surface area (Å²) in [6.45, 7) is 12.9. The van der Waals surface area contributed by atoms with E-state index in [9.17, 15) is 19.5 Å². The van der Waals surface area contributed by atoms with Gasteiger partial charge in [0.2, 0.25) is 5.91 Å². The molecule has 0 heterocycles. The maximum absolute atomic E-state index is 12.7. The normalized spacial score (nSPS) is 14.2. The van der Waals surface area contributed by atoms with Crippen LogP contribution >= 0.6 is 0 Å². The zero-order chi connectivity index (χ0) is 19.9. The van der Waals surface area contributed by atoms with Crippen LogP contribution in [0.3, 0.4) is 0 Å². The smallest absolute Gasteiger partial charge is 0.410 e. The van der Waals surface area contributed by atoms with Crippen LogP contribution in [0.5, 0.6) is 0 Å². The number of amides is 2. The van der Waals surface area contributed by atoms with E-state index in [1.807, 2.05) is 27.7 Å². The van der Waals surface area contributed by atoms with Gasteiger partial charge in [-0.2, -0.15) is 0 Å². The maximum atomic E-state index is 12.7. The van der Waals surface area contributed by atoms with Crippen molar-refractivity contribution >= 4 is 18.0 Å². The van der Waals surface area contributed by atoms with Gasteiger partial charge in [0.15, 0.2) is 0 Å². The summed E-state index contributed by atoms with van der Waals surface area (Å²) in [6, 6.07) is -1.77. The van der Waals surface area contributed by atoms with Gasteiger partial charge in [-0.15, -0.1) is 0 Å². The number of ether oxygens (including phenoxy) is 1. The largest absolute Gasteiger partial charge is 0.480 e. The molecule has 0 radical (unpaired) electrons. The Bertz CT molecular complexity index is 469. The van der Waals surface area contributed by atoms with E-state index < -0.39 is 35.7 Å². The summed E-state index contributed by atoms with van der Waals surface area (Å²) < 4.78 is 5.32. The van der Waals surface area contributed by atoms with Crippen molar-refractivity contribution in [1.29, 1.82) is 0 Å². The molecule has 0 aliphatic rings. The van der Waals surface area contributed by atoms with E-state index >= 15 is 0 Å². The molecule has 0 fully saturated rings. The average molecular weight is 358 g/mol. The molecule has 25 heavy (non-hydrogen) atoms. The highest BCUT2D eigenvalue weighted by atomic mass is 16.6. The van der Waals surface area contributed by atoms with E-state index in [1.165, 1.54) is 11.9 Å². The second-order valence-corrected chi connectivity index (χ2v) is 8.27. The lowest BCUT2D eigenvalue weighted by atomic mass is 10.00. The summed E-state index contributed by atoms with van der Waals surface area (Å²) in [5, 5.41) is 11.9. The third-order valence-corrected chi connectivity index (χ3v) is 3.47. The average Bonchev–Trinajstić information content (AvgIpc) is 2.40. The summed E-state index contributed by atoms with van der Waals surface area (Å²) in [5.74, 6) is -1.29. The minimum Gasteiger partial charge on any atom is -0.480 e. The number of carboxylic acid groups (broad SMARTS) is 1. The first kappa shape index (κ1) is 23.2. The van der Waals surface area contributed by atoms with Gasteiger partial charge in [-0.05, 0) is 45.4 Å². The van der Waals surface area contributed by atoms with Crippen molar-refractivity contribution in [2.45, 2.75) is 79.0 Å². The highest BCUT2D eigenvalue weighted by Gasteiger charge is 2.33. The van der Waals surface area contributed by atoms with Crippen molar-refractivity contribution in [3.63, 3.8) is 0 Å². The van der Waals surface area contributed by atoms with Gasteiger partial charge < -0.3 is 15.2 Å². The second-order valence-electron chi connectivity index (χ2n) is 8.27. The lowest BCUT2D eigenvalue weighted by Gasteiger charge is -2.31. The van der Waals surface area contributed by atoms with Crippen LogP contribution in [0.15, 0.2) is 0 Å². The Kier molecular flexibility index (Phi) is 8.94. The topological polar surface area (TPSA) is 95.9 Å². The SMILES string of the molecule is CC(C)C[C@H](NC(=O)[C@@H](CC(C)C)N(C)C(=O)OC(C)(C)C)C(=O)O. The Morgan fingerprint density at radius 2 is 1.52 bits per heavy atom. The molecule has 2 amide bonds. The van der Waals surface area contributed by atoms with E-state index in [0.29, 0.717) is 12.8 Å². The van der Waals surface area contributed by atoms with Crippen molar-refractivity contribution in [2.24, 2.45) is 11.8 Å². The quantitative estimate of drug-likeness (QED) is 0.695. The van der Waals surface area contributed by atoms with Gasteiger partial charge in [0, 0.05) is 7.05 Å². The molecule has 0 aromatic rings. The summed E-state index contributed by atoms with van der Waals surface area (Å²) in [6.07, 6.45) is 0.130. The van der Waals surface area contributed by atoms with Gasteiger partial charge >= 0.3 is 12.1 Å². The number of hydrogen-bond acceptors (Lipinski definition) is 4. The van der Waals surface area contributed by atoms with Gasteiger partial charge in [-0.25, -0.2) is 9.59 Å². The fourth-order valence-electron chi connectivity index (χ4n) is 2.31. The molecular formula is C18H34N2O5. The van der Waals surface area contributed by atoms with Crippen LogP contribution in [0, 0.1) is 11.8 Å². The predicted octanol–water partition coefficient (Wildman–Crippen LogP) is 2.88. The summed E-state index contributed by atoms with van der Waals surface area (Å²) in [4.78, 5) is 37.6. The predicted molar refractivity (Wildman–Crippen MR) is 96.3 cm³/mol. The van der Waals surface area contributed by atoms with Gasteiger partial charge in [-0.3, -0.25) is 9.69 Å². The zero-order valence-electron chi connectivity index (χ0n) is 16.8. The first-order valence-electron chi connectivity index (χ1n) is 8.73. The van der Waals surface area contributed by atoms with Crippen LogP contribution in [0.4, 0.5) is 4.79 Å². The van der Waals surface area contributed by atoms with Crippen LogP contribution in [0.2, 0.25) is 0 Å². The molecule has 0 saturated heterocycles. The minimum atomic E-state index is -1.08. The minimum absolute atomic E-state index is 0.119. The standard InChI is InChI=1S/C18H34N2O5/c1-11(2)9-13(16(22)23)19-15(21)14(10-12(3)4)20(8)17(24)25-18(5,6)7/h11-14H,9-10H2,1-8H3,(H,19,21)(H,22,23)/t13-,14+/m0/s1. The maximum Gasteiger partial charge on any atom is 0.410 e. The molecule has 7 heteroatoms. The summed E-state index contributed by atoms with van der Waals surface area (Å²) >= 11 is 0. The Balaban J connectivity index is 5.26. The molecule has 2 N–H and O–H groups in total. The Labute approximate surface area is 151 Å². The number of hydrogen-bond donors (Lipinski definition) is 2. The Morgan fingerprint density at radius 1 is 1.04 bits per heavy atom. The number of carbonyl (C=O) groups excluding carboxylic acids is 2. The van der Waals surface area contributed by atoms with E-state index in [4.69, 9.17) is 4.74 Å². The fourth-order valence-corrected chi connectivity index (χ4v) is 2.31. The van der Waals surface area contributed by atoms with Crippen molar-refractivity contribution < 1.29 is 24.2 Å². The van der Waals surface area contributed by atoms with E-state index in [0.717, 1.165) is 0 Å². The first-order chi connectivity index (χ1) is 11.2. The number of nitrogens with one attached hydrogen (secondary N) is 1. The molecule has 0 aliphatic carbocycles. The molecule has 2 atom stereocenters. The van der Waals surface area contributed by atoms with Crippen molar-refractivity contribution in [3.8, 4) is 0 Å². The molecule has 0 aliphatic heterocycles. The van der Waals surface area contributed by atoms with Crippen LogP contribution in [-0.4, -0.2) is 52.7 Å². The Morgan fingerprint density at radius 3 is 1.88 bits per heavy atom. The van der Waals surface area contributed by atoms with Crippen LogP contribution in [-0.2, 0) is 14.3 Å². The molecule has 7 nitrogen and oxygen atoms in total. The molecule has 0 aromatic heterocycles. The van der Waals surface area contributed by atoms with Gasteiger partial charge in [0.1, 0.15) is 17.7 Å². The number of likely N-dealkylation sites (N-methyl/N-ethyl adjacent to an activating group) is 1. The number of carbonyl (C=O) groups is 3. The third-order valence-electron chi connectivity index (χ3n) is 3.47. The van der Waals surface area contributed by atoms with Gasteiger partial charge in [0.05, 0.1) is 0 Å². The van der Waals surface area contributed by atoms with Crippen molar-refractivity contribution in [2.75, 3.05) is 7.05 Å². The number of nitrogens with zero attached hydrogens (tertiary/aromatic N) is 1. The summed E-state index contributed by atoms with van der Waals surface area (Å²) in [5.41, 5.74) is -0.675. The highest BCUT2D eigenvalue weighted by Crippen LogP contribution is 2.16. The highest BCUT2D eigenvalue weighted by molar-refractivity contribution is 5.89. The van der Waals surface area contributed by atoms with E-state index in [2.05, 4.69) is 5.32 Å². The zero-order valence-corrected chi connectivity index (χ0v) is 16.8. The summed E-state index contributed by atoms with van der Waals surface area (Å²) in [7, 11) is 1.50. The fraction of sp³-hybridized carbons (Fsp3) is 0.833. The first-order valence-corrected chi connectivity index (χ1v) is 8.73. The molecule has 0 bridgehead atoms. The van der Waals surface area contributed by atoms with Gasteiger partial charge in [-0.1, -0.05) is 27.7 Å². The number of aliphatic carboxylic acids is 1. The van der Waals surface area contributed by atoms with Crippen molar-refractivity contribution in [3.05, 3.63) is 0 Å². The van der Waals surface area contributed by atoms with Crippen LogP contribution in [0.1, 0.15) is 61.3 Å². The van der Waals surface area contributed by atoms with Crippen LogP contribution in [0.25, 0.3) is 0 Å². The van der Waals surface area contributed by atoms with E-state index in [1.54, 1.807) is 20.8 Å². The molecule has 0 rings (SSSR count). The molecule has 146 valence electrons. The monoisotopic (exact) mass is 358 g/mol. The molecule has 0 unspecified atom stereocenters.